The van der Waals surface area contributed by atoms with Gasteiger partial charge in [-0.2, -0.15) is 0 Å². The van der Waals surface area contributed by atoms with Gasteiger partial charge in [0.05, 0.1) is 6.61 Å². The van der Waals surface area contributed by atoms with Crippen LogP contribution in [0.25, 0.3) is 0 Å². The van der Waals surface area contributed by atoms with Gasteiger partial charge in [-0.3, -0.25) is 4.79 Å². The van der Waals surface area contributed by atoms with Crippen molar-refractivity contribution in [2.24, 2.45) is 0 Å². The van der Waals surface area contributed by atoms with Gasteiger partial charge in [0.2, 0.25) is 0 Å². The smallest absolute Gasteiger partial charge is 0.405 e. The topological polar surface area (TPSA) is 92.7 Å². The number of nitrogens with one attached hydrogen (secondary N) is 1. The van der Waals surface area contributed by atoms with E-state index < -0.39 is 35.5 Å². The highest BCUT2D eigenvalue weighted by Gasteiger charge is 2.23. The maximum absolute atomic E-state index is 13.0. The van der Waals surface area contributed by atoms with E-state index in [0.717, 1.165) is 18.2 Å². The van der Waals surface area contributed by atoms with E-state index in [4.69, 9.17) is 9.84 Å². The van der Waals surface area contributed by atoms with Crippen LogP contribution in [0.1, 0.15) is 30.1 Å². The number of Topliss-reactive ketones (excluding diaryl/α,β-unsaturated/α-hetero) is 1. The predicted octanol–water partition coefficient (Wildman–Crippen LogP) is 2.13. The van der Waals surface area contributed by atoms with Crippen molar-refractivity contribution in [2.45, 2.75) is 25.8 Å². The van der Waals surface area contributed by atoms with E-state index in [0.29, 0.717) is 0 Å². The molecule has 0 fully saturated rings. The van der Waals surface area contributed by atoms with Crippen LogP contribution in [0.15, 0.2) is 18.2 Å². The molecule has 1 aromatic rings. The number of esters is 1. The molecule has 1 atom stereocenters. The Morgan fingerprint density at radius 2 is 1.95 bits per heavy atom. The average molecular weight is 315 g/mol. The monoisotopic (exact) mass is 315 g/mol. The van der Waals surface area contributed by atoms with Crippen LogP contribution in [-0.2, 0) is 9.53 Å². The predicted molar refractivity (Wildman–Crippen MR) is 71.5 cm³/mol. The summed E-state index contributed by atoms with van der Waals surface area (Å²) < 4.78 is 30.5. The lowest BCUT2D eigenvalue weighted by molar-refractivity contribution is -0.145. The van der Waals surface area contributed by atoms with Gasteiger partial charge in [0.1, 0.15) is 6.04 Å². The third kappa shape index (κ3) is 5.12. The zero-order valence-electron chi connectivity index (χ0n) is 11.8. The van der Waals surface area contributed by atoms with Crippen molar-refractivity contribution >= 4 is 17.8 Å². The second-order valence-electron chi connectivity index (χ2n) is 4.34. The van der Waals surface area contributed by atoms with Gasteiger partial charge < -0.3 is 15.2 Å². The Labute approximate surface area is 125 Å². The van der Waals surface area contributed by atoms with E-state index in [-0.39, 0.29) is 25.0 Å². The summed E-state index contributed by atoms with van der Waals surface area (Å²) in [6, 6.07) is 1.49. The van der Waals surface area contributed by atoms with Crippen LogP contribution < -0.4 is 5.32 Å². The van der Waals surface area contributed by atoms with Crippen LogP contribution in [-0.4, -0.2) is 35.6 Å². The van der Waals surface area contributed by atoms with Crippen molar-refractivity contribution in [1.82, 2.24) is 5.32 Å². The number of rotatable bonds is 7. The molecule has 2 N–H and O–H groups in total. The van der Waals surface area contributed by atoms with Crippen LogP contribution >= 0.6 is 0 Å². The molecule has 0 spiro atoms. The Hall–Kier alpha value is -2.51. The van der Waals surface area contributed by atoms with Crippen molar-refractivity contribution < 1.29 is 33.0 Å². The molecule has 0 saturated heterocycles. The van der Waals surface area contributed by atoms with Crippen LogP contribution in [0.4, 0.5) is 13.6 Å². The lowest BCUT2D eigenvalue weighted by Gasteiger charge is -2.14. The maximum atomic E-state index is 13.0. The quantitative estimate of drug-likeness (QED) is 0.594. The van der Waals surface area contributed by atoms with Crippen LogP contribution in [0.2, 0.25) is 0 Å². The Bertz CT molecular complexity index is 576. The number of halogens is 2. The first-order valence-electron chi connectivity index (χ1n) is 6.49. The summed E-state index contributed by atoms with van der Waals surface area (Å²) in [5, 5.41) is 10.6. The largest absolute Gasteiger partial charge is 0.465 e. The van der Waals surface area contributed by atoms with Gasteiger partial charge in [0, 0.05) is 12.0 Å². The molecule has 120 valence electrons. The third-order valence-corrected chi connectivity index (χ3v) is 2.77. The molecular weight excluding hydrogens is 300 g/mol. The van der Waals surface area contributed by atoms with E-state index in [2.05, 4.69) is 0 Å². The minimum atomic E-state index is -1.43. The standard InChI is InChI=1S/C14H15F2NO5/c1-2-22-13(19)11(17-14(20)21)5-6-12(18)8-3-4-9(15)10(16)7-8/h3-4,7,11,17H,2,5-6H2,1H3,(H,20,21). The molecule has 22 heavy (non-hydrogen) atoms. The van der Waals surface area contributed by atoms with Crippen LogP contribution in [0, 0.1) is 11.6 Å². The van der Waals surface area contributed by atoms with Gasteiger partial charge in [-0.15, -0.1) is 0 Å². The van der Waals surface area contributed by atoms with Gasteiger partial charge in [0.25, 0.3) is 0 Å². The normalized spacial score (nSPS) is 11.6. The Kier molecular flexibility index (Phi) is 6.43. The highest BCUT2D eigenvalue weighted by atomic mass is 19.2. The molecule has 0 heterocycles. The van der Waals surface area contributed by atoms with E-state index in [1.54, 1.807) is 6.92 Å². The zero-order valence-corrected chi connectivity index (χ0v) is 11.8. The maximum Gasteiger partial charge on any atom is 0.405 e. The van der Waals surface area contributed by atoms with Gasteiger partial charge in [-0.1, -0.05) is 0 Å². The van der Waals surface area contributed by atoms with Crippen molar-refractivity contribution in [3.63, 3.8) is 0 Å². The highest BCUT2D eigenvalue weighted by molar-refractivity contribution is 5.96. The minimum absolute atomic E-state index is 0.0585. The summed E-state index contributed by atoms with van der Waals surface area (Å²) in [5.41, 5.74) is -0.0585. The third-order valence-electron chi connectivity index (χ3n) is 2.77. The first-order valence-corrected chi connectivity index (χ1v) is 6.49. The first-order chi connectivity index (χ1) is 10.3. The minimum Gasteiger partial charge on any atom is -0.465 e. The van der Waals surface area contributed by atoms with E-state index in [9.17, 15) is 23.2 Å². The Morgan fingerprint density at radius 1 is 1.27 bits per heavy atom. The molecule has 0 aromatic heterocycles. The molecule has 1 amide bonds. The van der Waals surface area contributed by atoms with Crippen molar-refractivity contribution in [2.75, 3.05) is 6.61 Å². The van der Waals surface area contributed by atoms with E-state index in [1.165, 1.54) is 0 Å². The molecule has 0 aliphatic heterocycles. The van der Waals surface area contributed by atoms with Crippen molar-refractivity contribution in [1.29, 1.82) is 0 Å². The Morgan fingerprint density at radius 3 is 2.50 bits per heavy atom. The SMILES string of the molecule is CCOC(=O)C(CCC(=O)c1ccc(F)c(F)c1)NC(=O)O. The van der Waals surface area contributed by atoms with Crippen molar-refractivity contribution in [3.05, 3.63) is 35.4 Å². The number of hydrogen-bond acceptors (Lipinski definition) is 4. The van der Waals surface area contributed by atoms with Crippen molar-refractivity contribution in [3.8, 4) is 0 Å². The first kappa shape index (κ1) is 17.5. The second kappa shape index (κ2) is 8.06. The van der Waals surface area contributed by atoms with Crippen LogP contribution in [0.3, 0.4) is 0 Å². The highest BCUT2D eigenvalue weighted by Crippen LogP contribution is 2.12. The fourth-order valence-corrected chi connectivity index (χ4v) is 1.73. The number of carbonyl (C=O) groups is 3. The number of ketones is 1. The lowest BCUT2D eigenvalue weighted by Crippen LogP contribution is -2.41. The summed E-state index contributed by atoms with van der Waals surface area (Å²) >= 11 is 0. The fraction of sp³-hybridized carbons (Fsp3) is 0.357. The zero-order chi connectivity index (χ0) is 16.7. The molecule has 0 aliphatic carbocycles. The van der Waals surface area contributed by atoms with Gasteiger partial charge in [-0.25, -0.2) is 18.4 Å². The molecule has 0 radical (unpaired) electrons. The summed E-state index contributed by atoms with van der Waals surface area (Å²) in [4.78, 5) is 34.0. The molecule has 0 bridgehead atoms. The summed E-state index contributed by atoms with van der Waals surface area (Å²) in [6.45, 7) is 1.62. The van der Waals surface area contributed by atoms with E-state index in [1.807, 2.05) is 5.32 Å². The number of carboxylic acid groups (broad SMARTS) is 1. The molecule has 6 nitrogen and oxygen atoms in total. The number of carbonyl (C=O) groups excluding carboxylic acids is 2. The molecule has 0 aliphatic rings. The molecule has 1 aromatic carbocycles. The number of benzene rings is 1. The molecule has 1 rings (SSSR count). The summed E-state index contributed by atoms with van der Waals surface area (Å²) in [6.07, 6.45) is -1.81. The number of hydrogen-bond donors (Lipinski definition) is 2. The van der Waals surface area contributed by atoms with Gasteiger partial charge >= 0.3 is 12.1 Å². The number of ether oxygens (including phenoxy) is 1. The number of amides is 1. The van der Waals surface area contributed by atoms with Gasteiger partial charge in [-0.05, 0) is 31.5 Å². The van der Waals surface area contributed by atoms with Gasteiger partial charge in [0.15, 0.2) is 17.4 Å². The average Bonchev–Trinajstić information content (AvgIpc) is 2.45. The molecule has 1 unspecified atom stereocenters. The summed E-state index contributed by atoms with van der Waals surface area (Å²) in [5.74, 6) is -3.58. The Balaban J connectivity index is 2.70. The molecule has 8 heteroatoms. The fourth-order valence-electron chi connectivity index (χ4n) is 1.73. The molecular formula is C14H15F2NO5. The van der Waals surface area contributed by atoms with Crippen LogP contribution in [0.5, 0.6) is 0 Å². The molecule has 0 saturated carbocycles. The summed E-state index contributed by atoms with van der Waals surface area (Å²) in [7, 11) is 0. The van der Waals surface area contributed by atoms with E-state index >= 15 is 0 Å². The lowest BCUT2D eigenvalue weighted by atomic mass is 10.0. The second-order valence-corrected chi connectivity index (χ2v) is 4.34.